The van der Waals surface area contributed by atoms with Crippen LogP contribution in [0.2, 0.25) is 0 Å². The van der Waals surface area contributed by atoms with Crippen LogP contribution in [0.1, 0.15) is 32.1 Å². The van der Waals surface area contributed by atoms with Crippen molar-refractivity contribution in [2.75, 3.05) is 19.7 Å². The Bertz CT molecular complexity index is 374. The number of urea groups is 1. The third-order valence-electron chi connectivity index (χ3n) is 4.14. The second-order valence-corrected chi connectivity index (χ2v) is 5.53. The summed E-state index contributed by atoms with van der Waals surface area (Å²) < 4.78 is 0. The maximum atomic E-state index is 12.5. The lowest BCUT2D eigenvalue weighted by molar-refractivity contribution is -0.141. The van der Waals surface area contributed by atoms with Gasteiger partial charge in [0.15, 0.2) is 0 Å². The molecule has 20 heavy (non-hydrogen) atoms. The molecular weight excluding hydrogens is 264 g/mol. The van der Waals surface area contributed by atoms with E-state index in [9.17, 15) is 14.7 Å². The van der Waals surface area contributed by atoms with Crippen molar-refractivity contribution >= 4 is 12.0 Å². The van der Waals surface area contributed by atoms with Gasteiger partial charge in [-0.2, -0.15) is 0 Å². The topological polar surface area (TPSA) is 101 Å². The minimum Gasteiger partial charge on any atom is -0.480 e. The summed E-state index contributed by atoms with van der Waals surface area (Å²) in [4.78, 5) is 26.6. The number of carbonyl (C=O) groups is 2. The summed E-state index contributed by atoms with van der Waals surface area (Å²) in [6.45, 7) is 0.667. The fourth-order valence-electron chi connectivity index (χ4n) is 3.13. The van der Waals surface area contributed by atoms with Gasteiger partial charge in [-0.3, -0.25) is 0 Å². The zero-order valence-corrected chi connectivity index (χ0v) is 11.4. The Kier molecular flexibility index (Phi) is 4.82. The largest absolute Gasteiger partial charge is 0.480 e. The summed E-state index contributed by atoms with van der Waals surface area (Å²) in [6.07, 6.45) is 2.56. The molecule has 0 saturated carbocycles. The van der Waals surface area contributed by atoms with Crippen LogP contribution < -0.4 is 0 Å². The van der Waals surface area contributed by atoms with E-state index in [0.29, 0.717) is 13.0 Å². The Balaban J connectivity index is 2.09. The number of aliphatic hydroxyl groups excluding tert-OH is 2. The predicted octanol–water partition coefficient (Wildman–Crippen LogP) is -0.137. The molecule has 0 spiro atoms. The van der Waals surface area contributed by atoms with Crippen molar-refractivity contribution in [2.24, 2.45) is 0 Å². The molecular formula is C13H22N2O5. The van der Waals surface area contributed by atoms with Crippen LogP contribution in [0.3, 0.4) is 0 Å². The van der Waals surface area contributed by atoms with Crippen LogP contribution in [0, 0.1) is 0 Å². The second-order valence-electron chi connectivity index (χ2n) is 5.53. The van der Waals surface area contributed by atoms with Gasteiger partial charge in [0.25, 0.3) is 0 Å². The summed E-state index contributed by atoms with van der Waals surface area (Å²) in [5.74, 6) is -1.08. The summed E-state index contributed by atoms with van der Waals surface area (Å²) in [5, 5.41) is 27.9. The number of hydrogen-bond donors (Lipinski definition) is 3. The molecule has 0 bridgehead atoms. The number of carbonyl (C=O) groups excluding carboxylic acids is 1. The minimum absolute atomic E-state index is 0.0133. The van der Waals surface area contributed by atoms with Crippen LogP contribution in [0.15, 0.2) is 0 Å². The van der Waals surface area contributed by atoms with Crippen molar-refractivity contribution in [1.29, 1.82) is 0 Å². The van der Waals surface area contributed by atoms with Crippen molar-refractivity contribution in [3.05, 3.63) is 0 Å². The minimum atomic E-state index is -1.08. The first kappa shape index (κ1) is 15.1. The lowest BCUT2D eigenvalue weighted by Crippen LogP contribution is -2.53. The van der Waals surface area contributed by atoms with E-state index in [1.165, 1.54) is 4.90 Å². The van der Waals surface area contributed by atoms with Gasteiger partial charge in [0, 0.05) is 32.2 Å². The standard InChI is InChI=1S/C13H22N2O5/c16-6-4-9-3-1-2-5-14(9)13(20)15-8-10(17)7-11(15)12(18)19/h9-11,16-17H,1-8H2,(H,18,19)/t9?,10?,11-/m0/s1. The van der Waals surface area contributed by atoms with Crippen molar-refractivity contribution in [3.63, 3.8) is 0 Å². The highest BCUT2D eigenvalue weighted by Gasteiger charge is 2.42. The highest BCUT2D eigenvalue weighted by Crippen LogP contribution is 2.25. The molecule has 7 heteroatoms. The lowest BCUT2D eigenvalue weighted by atomic mass is 10.00. The van der Waals surface area contributed by atoms with Crippen molar-refractivity contribution in [2.45, 2.75) is 50.3 Å². The molecule has 114 valence electrons. The fourth-order valence-corrected chi connectivity index (χ4v) is 3.13. The highest BCUT2D eigenvalue weighted by molar-refractivity contribution is 5.83. The molecule has 2 unspecified atom stereocenters. The molecule has 2 aliphatic heterocycles. The van der Waals surface area contributed by atoms with E-state index in [2.05, 4.69) is 0 Å². The Morgan fingerprint density at radius 2 is 1.95 bits per heavy atom. The van der Waals surface area contributed by atoms with Crippen LogP contribution in [0.4, 0.5) is 4.79 Å². The SMILES string of the molecule is O=C(O)[C@@H]1CC(O)CN1C(=O)N1CCCCC1CCO. The summed E-state index contributed by atoms with van der Waals surface area (Å²) in [7, 11) is 0. The number of rotatable bonds is 3. The Hall–Kier alpha value is -1.34. The number of carboxylic acid groups (broad SMARTS) is 1. The Labute approximate surface area is 117 Å². The number of hydrogen-bond acceptors (Lipinski definition) is 4. The monoisotopic (exact) mass is 286 g/mol. The quantitative estimate of drug-likeness (QED) is 0.670. The number of β-amino-alcohol motifs (C(OH)–C–C–N with tert-alkyl or cyclic N) is 1. The molecule has 0 aromatic heterocycles. The molecule has 0 aromatic carbocycles. The normalized spacial score (nSPS) is 30.6. The average Bonchev–Trinajstić information content (AvgIpc) is 2.81. The zero-order valence-electron chi connectivity index (χ0n) is 11.4. The van der Waals surface area contributed by atoms with Crippen LogP contribution >= 0.6 is 0 Å². The first-order chi connectivity index (χ1) is 9.54. The Morgan fingerprint density at radius 1 is 1.20 bits per heavy atom. The first-order valence-corrected chi connectivity index (χ1v) is 7.13. The van der Waals surface area contributed by atoms with Gasteiger partial charge in [-0.1, -0.05) is 0 Å². The van der Waals surface area contributed by atoms with Crippen LogP contribution in [-0.4, -0.2) is 75.0 Å². The molecule has 2 heterocycles. The van der Waals surface area contributed by atoms with E-state index in [-0.39, 0.29) is 31.6 Å². The van der Waals surface area contributed by atoms with Gasteiger partial charge in [-0.05, 0) is 25.7 Å². The molecule has 2 fully saturated rings. The smallest absolute Gasteiger partial charge is 0.326 e. The van der Waals surface area contributed by atoms with Crippen molar-refractivity contribution in [3.8, 4) is 0 Å². The highest BCUT2D eigenvalue weighted by atomic mass is 16.4. The maximum absolute atomic E-state index is 12.5. The van der Waals surface area contributed by atoms with Crippen LogP contribution in [-0.2, 0) is 4.79 Å². The lowest BCUT2D eigenvalue weighted by Gasteiger charge is -2.38. The van der Waals surface area contributed by atoms with E-state index in [1.807, 2.05) is 0 Å². The van der Waals surface area contributed by atoms with E-state index in [0.717, 1.165) is 19.3 Å². The number of likely N-dealkylation sites (tertiary alicyclic amines) is 2. The van der Waals surface area contributed by atoms with E-state index in [1.54, 1.807) is 4.90 Å². The van der Waals surface area contributed by atoms with E-state index in [4.69, 9.17) is 10.2 Å². The molecule has 7 nitrogen and oxygen atoms in total. The van der Waals surface area contributed by atoms with Crippen molar-refractivity contribution in [1.82, 2.24) is 9.80 Å². The van der Waals surface area contributed by atoms with Gasteiger partial charge in [0.1, 0.15) is 6.04 Å². The van der Waals surface area contributed by atoms with Crippen LogP contribution in [0.25, 0.3) is 0 Å². The molecule has 0 aliphatic carbocycles. The Morgan fingerprint density at radius 3 is 2.60 bits per heavy atom. The first-order valence-electron chi connectivity index (χ1n) is 7.13. The average molecular weight is 286 g/mol. The summed E-state index contributed by atoms with van der Waals surface area (Å²) >= 11 is 0. The number of nitrogens with zero attached hydrogens (tertiary/aromatic N) is 2. The van der Waals surface area contributed by atoms with Gasteiger partial charge < -0.3 is 25.1 Å². The van der Waals surface area contributed by atoms with Crippen molar-refractivity contribution < 1.29 is 24.9 Å². The molecule has 0 radical (unpaired) electrons. The molecule has 2 rings (SSSR count). The summed E-state index contributed by atoms with van der Waals surface area (Å²) in [6, 6.07) is -1.31. The number of aliphatic carboxylic acids is 1. The molecule has 2 amide bonds. The zero-order chi connectivity index (χ0) is 14.7. The number of amides is 2. The van der Waals surface area contributed by atoms with Gasteiger partial charge in [0.05, 0.1) is 6.10 Å². The molecule has 3 atom stereocenters. The summed E-state index contributed by atoms with van der Waals surface area (Å²) in [5.41, 5.74) is 0. The number of carboxylic acids is 1. The van der Waals surface area contributed by atoms with Gasteiger partial charge in [0.2, 0.25) is 0 Å². The third kappa shape index (κ3) is 3.04. The van der Waals surface area contributed by atoms with Crippen LogP contribution in [0.5, 0.6) is 0 Å². The van der Waals surface area contributed by atoms with E-state index >= 15 is 0 Å². The van der Waals surface area contributed by atoms with E-state index < -0.39 is 18.1 Å². The molecule has 0 aromatic rings. The molecule has 2 aliphatic rings. The van der Waals surface area contributed by atoms with Gasteiger partial charge >= 0.3 is 12.0 Å². The van der Waals surface area contributed by atoms with Gasteiger partial charge in [-0.15, -0.1) is 0 Å². The van der Waals surface area contributed by atoms with Gasteiger partial charge in [-0.25, -0.2) is 9.59 Å². The molecule has 3 N–H and O–H groups in total. The number of aliphatic hydroxyl groups is 2. The fraction of sp³-hybridized carbons (Fsp3) is 0.846. The number of piperidine rings is 1. The maximum Gasteiger partial charge on any atom is 0.326 e. The predicted molar refractivity (Wildman–Crippen MR) is 70.2 cm³/mol. The third-order valence-corrected chi connectivity index (χ3v) is 4.14. The second kappa shape index (κ2) is 6.41. The molecule has 2 saturated heterocycles.